The molecular formula is C10H17N3O2S. The second-order valence-corrected chi connectivity index (χ2v) is 5.09. The zero-order valence-electron chi connectivity index (χ0n) is 9.74. The quantitative estimate of drug-likeness (QED) is 0.523. The fraction of sp³-hybridized carbons (Fsp3) is 0.700. The fourth-order valence-electron chi connectivity index (χ4n) is 1.55. The van der Waals surface area contributed by atoms with Crippen LogP contribution in [0.15, 0.2) is 0 Å². The average Bonchev–Trinajstić information content (AvgIpc) is 2.14. The van der Waals surface area contributed by atoms with E-state index in [1.54, 1.807) is 18.7 Å². The molecule has 1 fully saturated rings. The van der Waals surface area contributed by atoms with Crippen molar-refractivity contribution in [2.24, 2.45) is 11.7 Å². The standard InChI is InChI=1S/C10H17N3O2S/c1-6(8(11)16)4-13-5-7(14)12-9(15)10(13,2)3/h6H,4-5H2,1-3H3,(H2,11,16)(H,12,14,15). The van der Waals surface area contributed by atoms with Gasteiger partial charge in [-0.25, -0.2) is 0 Å². The van der Waals surface area contributed by atoms with Gasteiger partial charge in [0.25, 0.3) is 0 Å². The Labute approximate surface area is 100 Å². The molecule has 0 radical (unpaired) electrons. The van der Waals surface area contributed by atoms with E-state index in [0.717, 1.165) is 0 Å². The van der Waals surface area contributed by atoms with Crippen molar-refractivity contribution in [1.82, 2.24) is 10.2 Å². The minimum atomic E-state index is -0.701. The second-order valence-electron chi connectivity index (χ2n) is 4.62. The minimum Gasteiger partial charge on any atom is -0.393 e. The third kappa shape index (κ3) is 2.56. The van der Waals surface area contributed by atoms with Gasteiger partial charge in [-0.05, 0) is 13.8 Å². The van der Waals surface area contributed by atoms with Crippen LogP contribution in [0.4, 0.5) is 0 Å². The van der Waals surface area contributed by atoms with E-state index in [9.17, 15) is 9.59 Å². The smallest absolute Gasteiger partial charge is 0.246 e. The van der Waals surface area contributed by atoms with Crippen LogP contribution >= 0.6 is 12.2 Å². The van der Waals surface area contributed by atoms with Crippen LogP contribution in [0.2, 0.25) is 0 Å². The normalized spacial score (nSPS) is 22.7. The van der Waals surface area contributed by atoms with Gasteiger partial charge in [-0.2, -0.15) is 0 Å². The first kappa shape index (κ1) is 13.1. The molecule has 0 bridgehead atoms. The molecule has 1 heterocycles. The Hall–Kier alpha value is -1.01. The van der Waals surface area contributed by atoms with E-state index in [1.165, 1.54) is 0 Å². The molecule has 90 valence electrons. The van der Waals surface area contributed by atoms with E-state index >= 15 is 0 Å². The number of nitrogens with one attached hydrogen (secondary N) is 1. The van der Waals surface area contributed by atoms with Crippen molar-refractivity contribution < 1.29 is 9.59 Å². The summed E-state index contributed by atoms with van der Waals surface area (Å²) in [6.45, 7) is 6.16. The third-order valence-electron chi connectivity index (χ3n) is 2.91. The highest BCUT2D eigenvalue weighted by Crippen LogP contribution is 2.19. The van der Waals surface area contributed by atoms with Crippen LogP contribution in [0.25, 0.3) is 0 Å². The molecule has 16 heavy (non-hydrogen) atoms. The molecule has 1 aliphatic heterocycles. The van der Waals surface area contributed by atoms with Gasteiger partial charge in [0, 0.05) is 12.5 Å². The van der Waals surface area contributed by atoms with Gasteiger partial charge in [0.1, 0.15) is 0 Å². The number of rotatable bonds is 3. The molecule has 0 aromatic rings. The van der Waals surface area contributed by atoms with E-state index in [1.807, 2.05) is 6.92 Å². The van der Waals surface area contributed by atoms with Crippen LogP contribution in [-0.4, -0.2) is 40.3 Å². The largest absolute Gasteiger partial charge is 0.393 e. The maximum absolute atomic E-state index is 11.7. The summed E-state index contributed by atoms with van der Waals surface area (Å²) in [4.78, 5) is 25.1. The zero-order valence-corrected chi connectivity index (χ0v) is 10.6. The van der Waals surface area contributed by atoms with Gasteiger partial charge in [-0.3, -0.25) is 19.8 Å². The van der Waals surface area contributed by atoms with Gasteiger partial charge in [-0.15, -0.1) is 0 Å². The van der Waals surface area contributed by atoms with Gasteiger partial charge in [0.2, 0.25) is 11.8 Å². The summed E-state index contributed by atoms with van der Waals surface area (Å²) in [5.41, 5.74) is 4.83. The van der Waals surface area contributed by atoms with E-state index in [-0.39, 0.29) is 24.3 Å². The number of amides is 2. The molecule has 0 aromatic heterocycles. The number of nitrogens with two attached hydrogens (primary N) is 1. The second kappa shape index (κ2) is 4.47. The summed E-state index contributed by atoms with van der Waals surface area (Å²) in [6, 6.07) is 0. The number of piperazine rings is 1. The van der Waals surface area contributed by atoms with Gasteiger partial charge in [-0.1, -0.05) is 19.1 Å². The van der Waals surface area contributed by atoms with Crippen LogP contribution in [-0.2, 0) is 9.59 Å². The molecule has 0 spiro atoms. The van der Waals surface area contributed by atoms with Gasteiger partial charge >= 0.3 is 0 Å². The predicted octanol–water partition coefficient (Wildman–Crippen LogP) is -0.354. The van der Waals surface area contributed by atoms with E-state index in [0.29, 0.717) is 11.5 Å². The molecular weight excluding hydrogens is 226 g/mol. The molecule has 0 aliphatic carbocycles. The maximum atomic E-state index is 11.7. The van der Waals surface area contributed by atoms with E-state index in [4.69, 9.17) is 18.0 Å². The Bertz CT molecular complexity index is 341. The lowest BCUT2D eigenvalue weighted by Crippen LogP contribution is -2.64. The van der Waals surface area contributed by atoms with Gasteiger partial charge < -0.3 is 5.73 Å². The summed E-state index contributed by atoms with van der Waals surface area (Å²) in [5.74, 6) is -0.577. The zero-order chi connectivity index (χ0) is 12.5. The van der Waals surface area contributed by atoms with Gasteiger partial charge in [0.15, 0.2) is 0 Å². The number of imide groups is 1. The van der Waals surface area contributed by atoms with Crippen molar-refractivity contribution in [2.75, 3.05) is 13.1 Å². The summed E-state index contributed by atoms with van der Waals surface area (Å²) >= 11 is 4.89. The molecule has 1 atom stereocenters. The molecule has 1 unspecified atom stereocenters. The van der Waals surface area contributed by atoms with Crippen LogP contribution in [0.3, 0.4) is 0 Å². The first-order chi connectivity index (χ1) is 7.25. The number of hydrogen-bond donors (Lipinski definition) is 2. The fourth-order valence-corrected chi connectivity index (χ4v) is 1.62. The summed E-state index contributed by atoms with van der Waals surface area (Å²) < 4.78 is 0. The van der Waals surface area contributed by atoms with Gasteiger partial charge in [0.05, 0.1) is 17.1 Å². The Morgan fingerprint density at radius 2 is 2.19 bits per heavy atom. The number of thiocarbonyl (C=S) groups is 1. The third-order valence-corrected chi connectivity index (χ3v) is 3.32. The van der Waals surface area contributed by atoms with Crippen LogP contribution in [0, 0.1) is 5.92 Å². The number of nitrogens with zero attached hydrogens (tertiary/aromatic N) is 1. The highest BCUT2D eigenvalue weighted by atomic mass is 32.1. The Morgan fingerprint density at radius 1 is 1.62 bits per heavy atom. The molecule has 5 nitrogen and oxygen atoms in total. The number of carbonyl (C=O) groups excluding carboxylic acids is 2. The maximum Gasteiger partial charge on any atom is 0.246 e. The molecule has 3 N–H and O–H groups in total. The van der Waals surface area contributed by atoms with Crippen molar-refractivity contribution in [3.8, 4) is 0 Å². The monoisotopic (exact) mass is 243 g/mol. The van der Waals surface area contributed by atoms with E-state index in [2.05, 4.69) is 5.32 Å². The van der Waals surface area contributed by atoms with Crippen molar-refractivity contribution in [3.63, 3.8) is 0 Å². The lowest BCUT2D eigenvalue weighted by atomic mass is 9.97. The lowest BCUT2D eigenvalue weighted by molar-refractivity contribution is -0.145. The van der Waals surface area contributed by atoms with Crippen LogP contribution < -0.4 is 11.1 Å². The Morgan fingerprint density at radius 3 is 2.69 bits per heavy atom. The van der Waals surface area contributed by atoms with Crippen molar-refractivity contribution in [1.29, 1.82) is 0 Å². The highest BCUT2D eigenvalue weighted by molar-refractivity contribution is 7.80. The molecule has 0 saturated carbocycles. The minimum absolute atomic E-state index is 0.0204. The SMILES string of the molecule is CC(CN1CC(=O)NC(=O)C1(C)C)C(N)=S. The highest BCUT2D eigenvalue weighted by Gasteiger charge is 2.41. The molecule has 2 amide bonds. The molecule has 6 heteroatoms. The lowest BCUT2D eigenvalue weighted by Gasteiger charge is -2.41. The first-order valence-corrected chi connectivity index (χ1v) is 5.54. The number of hydrogen-bond acceptors (Lipinski definition) is 4. The van der Waals surface area contributed by atoms with Crippen LogP contribution in [0.5, 0.6) is 0 Å². The topological polar surface area (TPSA) is 75.4 Å². The molecule has 0 aromatic carbocycles. The molecule has 1 aliphatic rings. The first-order valence-electron chi connectivity index (χ1n) is 5.13. The summed E-state index contributed by atoms with van der Waals surface area (Å²) in [7, 11) is 0. The van der Waals surface area contributed by atoms with Crippen molar-refractivity contribution in [2.45, 2.75) is 26.3 Å². The predicted molar refractivity (Wildman–Crippen MR) is 64.8 cm³/mol. The molecule has 1 saturated heterocycles. The van der Waals surface area contributed by atoms with Crippen molar-refractivity contribution in [3.05, 3.63) is 0 Å². The summed E-state index contributed by atoms with van der Waals surface area (Å²) in [6.07, 6.45) is 0. The molecule has 1 rings (SSSR count). The summed E-state index contributed by atoms with van der Waals surface area (Å²) in [5, 5.41) is 2.32. The van der Waals surface area contributed by atoms with E-state index < -0.39 is 5.54 Å². The Kier molecular flexibility index (Phi) is 3.64. The van der Waals surface area contributed by atoms with Crippen molar-refractivity contribution >= 4 is 29.0 Å². The number of carbonyl (C=O) groups is 2. The Balaban J connectivity index is 2.80. The average molecular weight is 243 g/mol. The van der Waals surface area contributed by atoms with Crippen LogP contribution in [0.1, 0.15) is 20.8 Å².